The van der Waals surface area contributed by atoms with Crippen molar-refractivity contribution in [3.63, 3.8) is 0 Å². The van der Waals surface area contributed by atoms with Gasteiger partial charge in [-0.2, -0.15) is 10.1 Å². The zero-order valence-electron chi connectivity index (χ0n) is 13.5. The van der Waals surface area contributed by atoms with E-state index >= 15 is 0 Å². The minimum absolute atomic E-state index is 0.170. The number of benzene rings is 1. The van der Waals surface area contributed by atoms with Crippen LogP contribution in [0.5, 0.6) is 0 Å². The number of hydrogen-bond acceptors (Lipinski definition) is 6. The highest BCUT2D eigenvalue weighted by Crippen LogP contribution is 2.17. The van der Waals surface area contributed by atoms with E-state index in [0.717, 1.165) is 11.3 Å². The molecular formula is C17H18N4O3. The Morgan fingerprint density at radius 2 is 2.25 bits per heavy atom. The van der Waals surface area contributed by atoms with Gasteiger partial charge in [0.05, 0.1) is 12.3 Å². The summed E-state index contributed by atoms with van der Waals surface area (Å²) in [5.74, 6) is -0.485. The molecule has 0 aliphatic rings. The molecule has 0 unspecified atom stereocenters. The Morgan fingerprint density at radius 1 is 1.38 bits per heavy atom. The highest BCUT2D eigenvalue weighted by Gasteiger charge is 2.16. The van der Waals surface area contributed by atoms with E-state index in [1.165, 1.54) is 6.26 Å². The summed E-state index contributed by atoms with van der Waals surface area (Å²) in [4.78, 5) is 17.6. The molecular weight excluding hydrogens is 308 g/mol. The fourth-order valence-corrected chi connectivity index (χ4v) is 2.30. The zero-order chi connectivity index (χ0) is 16.9. The van der Waals surface area contributed by atoms with Crippen LogP contribution in [-0.4, -0.2) is 34.4 Å². The standard InChI is InChI=1S/C17H18N4O3/c1-3-23-16(22)15-12-24-17(19-15)20(2)11-13-6-4-7-14(10-13)21-9-5-8-18-21/h4-10,12H,3,11H2,1-2H3. The monoisotopic (exact) mass is 326 g/mol. The molecule has 0 saturated carbocycles. The van der Waals surface area contributed by atoms with Gasteiger partial charge in [0.15, 0.2) is 5.69 Å². The van der Waals surface area contributed by atoms with Gasteiger partial charge in [-0.1, -0.05) is 12.1 Å². The van der Waals surface area contributed by atoms with E-state index in [9.17, 15) is 4.79 Å². The topological polar surface area (TPSA) is 73.4 Å². The number of carbonyl (C=O) groups is 1. The minimum Gasteiger partial charge on any atom is -0.461 e. The summed E-state index contributed by atoms with van der Waals surface area (Å²) in [7, 11) is 1.85. The fourth-order valence-electron chi connectivity index (χ4n) is 2.30. The number of anilines is 1. The Labute approximate surface area is 139 Å². The summed E-state index contributed by atoms with van der Waals surface area (Å²) in [5, 5.41) is 4.23. The number of nitrogens with zero attached hydrogens (tertiary/aromatic N) is 4. The molecule has 7 heteroatoms. The van der Waals surface area contributed by atoms with Crippen molar-refractivity contribution in [2.45, 2.75) is 13.5 Å². The number of ether oxygens (including phenoxy) is 1. The molecule has 3 aromatic rings. The van der Waals surface area contributed by atoms with E-state index in [-0.39, 0.29) is 5.69 Å². The molecule has 3 rings (SSSR count). The molecule has 1 aromatic carbocycles. The van der Waals surface area contributed by atoms with Gasteiger partial charge in [-0.25, -0.2) is 9.48 Å². The van der Waals surface area contributed by atoms with Crippen LogP contribution in [0.2, 0.25) is 0 Å². The van der Waals surface area contributed by atoms with Crippen molar-refractivity contribution >= 4 is 12.0 Å². The Balaban J connectivity index is 1.72. The molecule has 7 nitrogen and oxygen atoms in total. The Kier molecular flexibility index (Phi) is 4.60. The third-order valence-electron chi connectivity index (χ3n) is 3.40. The summed E-state index contributed by atoms with van der Waals surface area (Å²) in [6.45, 7) is 2.63. The first-order valence-electron chi connectivity index (χ1n) is 7.60. The molecule has 0 atom stereocenters. The third kappa shape index (κ3) is 3.45. The molecule has 24 heavy (non-hydrogen) atoms. The highest BCUT2D eigenvalue weighted by atomic mass is 16.5. The minimum atomic E-state index is -0.485. The van der Waals surface area contributed by atoms with Crippen LogP contribution in [0.4, 0.5) is 6.01 Å². The first-order valence-corrected chi connectivity index (χ1v) is 7.60. The van der Waals surface area contributed by atoms with Crippen LogP contribution in [0.15, 0.2) is 53.4 Å². The van der Waals surface area contributed by atoms with Gasteiger partial charge in [0.1, 0.15) is 6.26 Å². The van der Waals surface area contributed by atoms with Gasteiger partial charge in [-0.15, -0.1) is 0 Å². The normalized spacial score (nSPS) is 10.6. The van der Waals surface area contributed by atoms with Crippen LogP contribution >= 0.6 is 0 Å². The van der Waals surface area contributed by atoms with Crippen molar-refractivity contribution in [1.82, 2.24) is 14.8 Å². The lowest BCUT2D eigenvalue weighted by Gasteiger charge is -2.15. The second kappa shape index (κ2) is 6.99. The smallest absolute Gasteiger partial charge is 0.360 e. The van der Waals surface area contributed by atoms with Crippen molar-refractivity contribution in [3.8, 4) is 5.69 Å². The van der Waals surface area contributed by atoms with E-state index in [2.05, 4.69) is 10.1 Å². The van der Waals surface area contributed by atoms with E-state index in [1.54, 1.807) is 17.8 Å². The van der Waals surface area contributed by atoms with Crippen LogP contribution in [0.3, 0.4) is 0 Å². The SMILES string of the molecule is CCOC(=O)c1coc(N(C)Cc2cccc(-n3cccn3)c2)n1. The van der Waals surface area contributed by atoms with Gasteiger partial charge in [0.2, 0.25) is 0 Å². The lowest BCUT2D eigenvalue weighted by molar-refractivity contribution is 0.0519. The second-order valence-electron chi connectivity index (χ2n) is 5.21. The van der Waals surface area contributed by atoms with Gasteiger partial charge in [-0.05, 0) is 30.7 Å². The largest absolute Gasteiger partial charge is 0.461 e. The predicted molar refractivity (Wildman–Crippen MR) is 88.1 cm³/mol. The van der Waals surface area contributed by atoms with Gasteiger partial charge in [0.25, 0.3) is 6.01 Å². The average molecular weight is 326 g/mol. The summed E-state index contributed by atoms with van der Waals surface area (Å²) in [6.07, 6.45) is 4.94. The number of carbonyl (C=O) groups excluding carboxylic acids is 1. The highest BCUT2D eigenvalue weighted by molar-refractivity contribution is 5.87. The quantitative estimate of drug-likeness (QED) is 0.648. The number of aromatic nitrogens is 3. The molecule has 0 spiro atoms. The molecule has 0 N–H and O–H groups in total. The molecule has 0 radical (unpaired) electrons. The molecule has 0 bridgehead atoms. The maximum absolute atomic E-state index is 11.6. The Morgan fingerprint density at radius 3 is 3.00 bits per heavy atom. The van der Waals surface area contributed by atoms with Crippen molar-refractivity contribution in [2.75, 3.05) is 18.6 Å². The second-order valence-corrected chi connectivity index (χ2v) is 5.21. The van der Waals surface area contributed by atoms with Crippen LogP contribution in [0.25, 0.3) is 5.69 Å². The summed E-state index contributed by atoms with van der Waals surface area (Å²) in [5.41, 5.74) is 2.22. The van der Waals surface area contributed by atoms with Gasteiger partial charge >= 0.3 is 5.97 Å². The van der Waals surface area contributed by atoms with Crippen LogP contribution in [-0.2, 0) is 11.3 Å². The molecule has 0 saturated heterocycles. The average Bonchev–Trinajstić information content (AvgIpc) is 3.27. The van der Waals surface area contributed by atoms with Crippen LogP contribution in [0, 0.1) is 0 Å². The molecule has 2 heterocycles. The van der Waals surface area contributed by atoms with Crippen molar-refractivity contribution < 1.29 is 13.9 Å². The third-order valence-corrected chi connectivity index (χ3v) is 3.40. The van der Waals surface area contributed by atoms with Crippen molar-refractivity contribution in [1.29, 1.82) is 0 Å². The van der Waals surface area contributed by atoms with Crippen LogP contribution in [0.1, 0.15) is 23.0 Å². The van der Waals surface area contributed by atoms with Gasteiger partial charge in [-0.3, -0.25) is 0 Å². The number of rotatable bonds is 6. The zero-order valence-corrected chi connectivity index (χ0v) is 13.5. The van der Waals surface area contributed by atoms with E-state index in [0.29, 0.717) is 19.2 Å². The number of hydrogen-bond donors (Lipinski definition) is 0. The molecule has 2 aromatic heterocycles. The number of esters is 1. The first-order chi connectivity index (χ1) is 11.7. The van der Waals surface area contributed by atoms with E-state index in [1.807, 2.05) is 48.5 Å². The van der Waals surface area contributed by atoms with Crippen LogP contribution < -0.4 is 4.90 Å². The Hall–Kier alpha value is -3.09. The lowest BCUT2D eigenvalue weighted by atomic mass is 10.2. The van der Waals surface area contributed by atoms with Crippen molar-refractivity contribution in [2.24, 2.45) is 0 Å². The molecule has 0 amide bonds. The summed E-state index contributed by atoms with van der Waals surface area (Å²) < 4.78 is 12.1. The van der Waals surface area contributed by atoms with E-state index in [4.69, 9.17) is 9.15 Å². The lowest BCUT2D eigenvalue weighted by Crippen LogP contribution is -2.17. The molecule has 124 valence electrons. The summed E-state index contributed by atoms with van der Waals surface area (Å²) >= 11 is 0. The molecule has 0 aliphatic heterocycles. The maximum Gasteiger partial charge on any atom is 0.360 e. The van der Waals surface area contributed by atoms with Gasteiger partial charge in [0, 0.05) is 26.0 Å². The Bertz CT molecular complexity index is 811. The van der Waals surface area contributed by atoms with Crippen molar-refractivity contribution in [3.05, 3.63) is 60.2 Å². The maximum atomic E-state index is 11.6. The van der Waals surface area contributed by atoms with E-state index < -0.39 is 5.97 Å². The summed E-state index contributed by atoms with van der Waals surface area (Å²) in [6, 6.07) is 10.3. The number of oxazole rings is 1. The molecule has 0 fully saturated rings. The molecule has 0 aliphatic carbocycles. The van der Waals surface area contributed by atoms with Gasteiger partial charge < -0.3 is 14.1 Å². The predicted octanol–water partition coefficient (Wildman–Crippen LogP) is 2.67. The first kappa shape index (κ1) is 15.8. The fraction of sp³-hybridized carbons (Fsp3) is 0.235.